The number of thiophene rings is 1. The van der Waals surface area contributed by atoms with Gasteiger partial charge >= 0.3 is 0 Å². The minimum absolute atomic E-state index is 1.32. The molecule has 0 bridgehead atoms. The van der Waals surface area contributed by atoms with Gasteiger partial charge in [0.15, 0.2) is 0 Å². The first kappa shape index (κ1) is 8.52. The van der Waals surface area contributed by atoms with E-state index in [2.05, 4.69) is 48.9 Å². The summed E-state index contributed by atoms with van der Waals surface area (Å²) in [5.74, 6) is 0. The smallest absolute Gasteiger partial charge is 0.00120 e. The molecular weight excluding hydrogens is 176 g/mol. The van der Waals surface area contributed by atoms with E-state index >= 15 is 0 Å². The van der Waals surface area contributed by atoms with Crippen molar-refractivity contribution in [1.29, 1.82) is 0 Å². The minimum Gasteiger partial charge on any atom is -0.151 e. The van der Waals surface area contributed by atoms with Crippen molar-refractivity contribution in [1.82, 2.24) is 0 Å². The van der Waals surface area contributed by atoms with Gasteiger partial charge in [0.1, 0.15) is 0 Å². The van der Waals surface area contributed by atoms with Gasteiger partial charge in [-0.3, -0.25) is 0 Å². The van der Waals surface area contributed by atoms with Crippen LogP contribution in [0, 0.1) is 13.8 Å². The Kier molecular flexibility index (Phi) is 2.19. The van der Waals surface area contributed by atoms with Crippen LogP contribution in [0.2, 0.25) is 0 Å². The fourth-order valence-corrected chi connectivity index (χ4v) is 2.25. The molecular formula is C12H12S. The van der Waals surface area contributed by atoms with Gasteiger partial charge < -0.3 is 0 Å². The lowest BCUT2D eigenvalue weighted by Crippen LogP contribution is -1.77. The van der Waals surface area contributed by atoms with Gasteiger partial charge in [0, 0.05) is 0 Å². The first-order valence-electron chi connectivity index (χ1n) is 4.37. The van der Waals surface area contributed by atoms with Crippen LogP contribution >= 0.6 is 11.3 Å². The molecule has 0 nitrogen and oxygen atoms in total. The molecule has 1 aromatic heterocycles. The summed E-state index contributed by atoms with van der Waals surface area (Å²) in [7, 11) is 0. The second-order valence-electron chi connectivity index (χ2n) is 3.33. The van der Waals surface area contributed by atoms with E-state index in [-0.39, 0.29) is 0 Å². The summed E-state index contributed by atoms with van der Waals surface area (Å²) < 4.78 is 0. The zero-order chi connectivity index (χ0) is 9.26. The number of benzene rings is 1. The summed E-state index contributed by atoms with van der Waals surface area (Å²) in [5.41, 5.74) is 5.37. The molecule has 0 aliphatic rings. The standard InChI is InChI=1S/C12H12S/c1-9-3-5-11(6-4-9)12-8-13-7-10(12)2/h3-8H,1-2H3. The fourth-order valence-electron chi connectivity index (χ4n) is 1.39. The Bertz CT molecular complexity index is 395. The number of hydrogen-bond acceptors (Lipinski definition) is 1. The number of rotatable bonds is 1. The molecule has 0 N–H and O–H groups in total. The Morgan fingerprint density at radius 2 is 1.62 bits per heavy atom. The zero-order valence-corrected chi connectivity index (χ0v) is 8.69. The predicted molar refractivity (Wildman–Crippen MR) is 59.2 cm³/mol. The van der Waals surface area contributed by atoms with Crippen molar-refractivity contribution in [2.45, 2.75) is 13.8 Å². The largest absolute Gasteiger partial charge is 0.151 e. The summed E-state index contributed by atoms with van der Waals surface area (Å²) in [5, 5.41) is 4.40. The molecule has 0 radical (unpaired) electrons. The highest BCUT2D eigenvalue weighted by molar-refractivity contribution is 7.08. The lowest BCUT2D eigenvalue weighted by atomic mass is 10.0. The monoisotopic (exact) mass is 188 g/mol. The van der Waals surface area contributed by atoms with E-state index in [1.165, 1.54) is 22.3 Å². The van der Waals surface area contributed by atoms with Crippen LogP contribution in [0.15, 0.2) is 35.0 Å². The zero-order valence-electron chi connectivity index (χ0n) is 7.87. The molecule has 0 spiro atoms. The molecule has 1 heterocycles. The molecule has 2 rings (SSSR count). The van der Waals surface area contributed by atoms with E-state index in [0.29, 0.717) is 0 Å². The van der Waals surface area contributed by atoms with Crippen LogP contribution in [-0.2, 0) is 0 Å². The lowest BCUT2D eigenvalue weighted by Gasteiger charge is -2.00. The van der Waals surface area contributed by atoms with E-state index in [1.807, 2.05) is 0 Å². The maximum Gasteiger partial charge on any atom is -0.00120 e. The van der Waals surface area contributed by atoms with E-state index in [0.717, 1.165) is 0 Å². The van der Waals surface area contributed by atoms with Gasteiger partial charge in [-0.1, -0.05) is 29.8 Å². The van der Waals surface area contributed by atoms with E-state index in [9.17, 15) is 0 Å². The highest BCUT2D eigenvalue weighted by Gasteiger charge is 2.00. The molecule has 66 valence electrons. The predicted octanol–water partition coefficient (Wildman–Crippen LogP) is 4.03. The quantitative estimate of drug-likeness (QED) is 0.633. The normalized spacial score (nSPS) is 10.3. The fraction of sp³-hybridized carbons (Fsp3) is 0.167. The molecule has 0 amide bonds. The lowest BCUT2D eigenvalue weighted by molar-refractivity contribution is 1.46. The van der Waals surface area contributed by atoms with Crippen LogP contribution in [0.3, 0.4) is 0 Å². The molecule has 0 atom stereocenters. The molecule has 2 aromatic rings. The SMILES string of the molecule is Cc1ccc(-c2cscc2C)cc1. The molecule has 0 unspecified atom stereocenters. The second kappa shape index (κ2) is 3.35. The summed E-state index contributed by atoms with van der Waals surface area (Å²) in [6.07, 6.45) is 0. The van der Waals surface area contributed by atoms with Crippen LogP contribution in [0.4, 0.5) is 0 Å². The van der Waals surface area contributed by atoms with Crippen molar-refractivity contribution < 1.29 is 0 Å². The average Bonchev–Trinajstić information content (AvgIpc) is 2.53. The Labute approximate surface area is 82.9 Å². The molecule has 0 fully saturated rings. The Morgan fingerprint density at radius 3 is 2.15 bits per heavy atom. The van der Waals surface area contributed by atoms with Crippen molar-refractivity contribution in [2.24, 2.45) is 0 Å². The summed E-state index contributed by atoms with van der Waals surface area (Å²) in [6, 6.07) is 8.69. The highest BCUT2D eigenvalue weighted by Crippen LogP contribution is 2.26. The summed E-state index contributed by atoms with van der Waals surface area (Å²) in [4.78, 5) is 0. The minimum atomic E-state index is 1.32. The highest BCUT2D eigenvalue weighted by atomic mass is 32.1. The Hall–Kier alpha value is -1.08. The van der Waals surface area contributed by atoms with Crippen molar-refractivity contribution in [3.05, 3.63) is 46.2 Å². The first-order chi connectivity index (χ1) is 6.27. The van der Waals surface area contributed by atoms with Crippen LogP contribution in [-0.4, -0.2) is 0 Å². The van der Waals surface area contributed by atoms with Gasteiger partial charge in [-0.15, -0.1) is 0 Å². The molecule has 1 heteroatoms. The van der Waals surface area contributed by atoms with Crippen LogP contribution in [0.5, 0.6) is 0 Å². The van der Waals surface area contributed by atoms with Crippen molar-refractivity contribution >= 4 is 11.3 Å². The Balaban J connectivity index is 2.47. The number of aryl methyl sites for hydroxylation is 2. The third-order valence-corrected chi connectivity index (χ3v) is 3.08. The molecule has 0 saturated carbocycles. The van der Waals surface area contributed by atoms with Crippen LogP contribution < -0.4 is 0 Å². The average molecular weight is 188 g/mol. The number of hydrogen-bond donors (Lipinski definition) is 0. The summed E-state index contributed by atoms with van der Waals surface area (Å²) in [6.45, 7) is 4.27. The van der Waals surface area contributed by atoms with Gasteiger partial charge in [0.2, 0.25) is 0 Å². The third kappa shape index (κ3) is 1.65. The van der Waals surface area contributed by atoms with Gasteiger partial charge in [0.05, 0.1) is 0 Å². The molecule has 0 aliphatic heterocycles. The van der Waals surface area contributed by atoms with Crippen LogP contribution in [0.25, 0.3) is 11.1 Å². The van der Waals surface area contributed by atoms with Crippen LogP contribution in [0.1, 0.15) is 11.1 Å². The maximum absolute atomic E-state index is 2.21. The first-order valence-corrected chi connectivity index (χ1v) is 5.31. The van der Waals surface area contributed by atoms with E-state index < -0.39 is 0 Å². The van der Waals surface area contributed by atoms with E-state index in [4.69, 9.17) is 0 Å². The third-order valence-electron chi connectivity index (χ3n) is 2.22. The maximum atomic E-state index is 2.21. The van der Waals surface area contributed by atoms with E-state index in [1.54, 1.807) is 11.3 Å². The molecule has 1 aromatic carbocycles. The van der Waals surface area contributed by atoms with Crippen molar-refractivity contribution in [2.75, 3.05) is 0 Å². The Morgan fingerprint density at radius 1 is 0.923 bits per heavy atom. The van der Waals surface area contributed by atoms with Gasteiger partial charge in [-0.25, -0.2) is 0 Å². The van der Waals surface area contributed by atoms with Gasteiger partial charge in [-0.05, 0) is 41.3 Å². The van der Waals surface area contributed by atoms with Crippen molar-refractivity contribution in [3.8, 4) is 11.1 Å². The topological polar surface area (TPSA) is 0 Å². The molecule has 0 aliphatic carbocycles. The molecule has 13 heavy (non-hydrogen) atoms. The van der Waals surface area contributed by atoms with Gasteiger partial charge in [-0.2, -0.15) is 11.3 Å². The van der Waals surface area contributed by atoms with Gasteiger partial charge in [0.25, 0.3) is 0 Å². The second-order valence-corrected chi connectivity index (χ2v) is 4.08. The summed E-state index contributed by atoms with van der Waals surface area (Å²) >= 11 is 1.77. The van der Waals surface area contributed by atoms with Crippen molar-refractivity contribution in [3.63, 3.8) is 0 Å². The molecule has 0 saturated heterocycles.